The van der Waals surface area contributed by atoms with E-state index >= 15 is 0 Å². The van der Waals surface area contributed by atoms with Crippen molar-refractivity contribution < 1.29 is 13.6 Å². The van der Waals surface area contributed by atoms with Gasteiger partial charge in [-0.1, -0.05) is 0 Å². The fourth-order valence-electron chi connectivity index (χ4n) is 0.691. The number of alkyl halides is 1. The average molecular weight is 217 g/mol. The average Bonchev–Trinajstić information content (AvgIpc) is 2.28. The van der Waals surface area contributed by atoms with E-state index in [2.05, 4.69) is 0 Å². The van der Waals surface area contributed by atoms with Gasteiger partial charge in [-0.2, -0.15) is 0 Å². The molecule has 0 bridgehead atoms. The highest BCUT2D eigenvalue weighted by molar-refractivity contribution is 8.07. The lowest BCUT2D eigenvalue weighted by atomic mass is 10.5. The van der Waals surface area contributed by atoms with Gasteiger partial charge in [-0.05, 0) is 18.7 Å². The van der Waals surface area contributed by atoms with Crippen LogP contribution in [0.5, 0.6) is 0 Å². The Hall–Kier alpha value is 0.820. The van der Waals surface area contributed by atoms with Crippen LogP contribution in [0.1, 0.15) is 6.92 Å². The first kappa shape index (κ1) is 9.90. The summed E-state index contributed by atoms with van der Waals surface area (Å²) < 4.78 is 15.6. The molecular formula is C5H10ClO3PS. The molecule has 0 aromatic heterocycles. The third-order valence-corrected chi connectivity index (χ3v) is 3.73. The van der Waals surface area contributed by atoms with E-state index in [1.54, 1.807) is 0 Å². The Bertz CT molecular complexity index is 177. The van der Waals surface area contributed by atoms with Crippen molar-refractivity contribution in [1.29, 1.82) is 0 Å². The summed E-state index contributed by atoms with van der Waals surface area (Å²) in [5, 5.41) is 0. The molecule has 0 radical (unpaired) electrons. The van der Waals surface area contributed by atoms with Gasteiger partial charge in [0.1, 0.15) is 0 Å². The first-order valence-electron chi connectivity index (χ1n) is 3.30. The van der Waals surface area contributed by atoms with E-state index in [0.717, 1.165) is 0 Å². The first-order valence-corrected chi connectivity index (χ1v) is 6.39. The second-order valence-corrected chi connectivity index (χ2v) is 5.52. The summed E-state index contributed by atoms with van der Waals surface area (Å²) in [6.45, 7) is 0.429. The van der Waals surface area contributed by atoms with Crippen LogP contribution in [0.25, 0.3) is 0 Å². The van der Waals surface area contributed by atoms with Gasteiger partial charge in [-0.3, -0.25) is 0 Å². The predicted molar refractivity (Wildman–Crippen MR) is 47.5 cm³/mol. The van der Waals surface area contributed by atoms with Gasteiger partial charge < -0.3 is 13.6 Å². The van der Waals surface area contributed by atoms with Gasteiger partial charge in [0.05, 0.1) is 19.3 Å². The molecule has 0 aliphatic carbocycles. The van der Waals surface area contributed by atoms with Crippen molar-refractivity contribution in [1.82, 2.24) is 0 Å². The number of hydrogen-bond donors (Lipinski definition) is 0. The lowest BCUT2D eigenvalue weighted by Gasteiger charge is -2.12. The fraction of sp³-hybridized carbons (Fsp3) is 1.00. The van der Waals surface area contributed by atoms with Crippen molar-refractivity contribution in [2.75, 3.05) is 19.1 Å². The molecule has 0 saturated carbocycles. The standard InChI is InChI=1S/C5H10ClO3PS/c1-5-4-8-10(11,9-5)7-3-2-6/h5H,2-4H2,1H3. The van der Waals surface area contributed by atoms with Crippen LogP contribution in [0.2, 0.25) is 0 Å². The zero-order chi connectivity index (χ0) is 8.32. The minimum Gasteiger partial charge on any atom is -0.307 e. The van der Waals surface area contributed by atoms with Crippen molar-refractivity contribution in [3.8, 4) is 0 Å². The molecule has 2 unspecified atom stereocenters. The lowest BCUT2D eigenvalue weighted by Crippen LogP contribution is -2.00. The van der Waals surface area contributed by atoms with Crippen LogP contribution in [0.15, 0.2) is 0 Å². The number of rotatable bonds is 3. The van der Waals surface area contributed by atoms with E-state index in [-0.39, 0.29) is 6.10 Å². The summed E-state index contributed by atoms with van der Waals surface area (Å²) in [6, 6.07) is 0. The monoisotopic (exact) mass is 216 g/mol. The Labute approximate surface area is 76.2 Å². The van der Waals surface area contributed by atoms with E-state index < -0.39 is 6.72 Å². The highest BCUT2D eigenvalue weighted by Crippen LogP contribution is 2.55. The molecular weight excluding hydrogens is 207 g/mol. The second kappa shape index (κ2) is 4.17. The topological polar surface area (TPSA) is 27.7 Å². The highest BCUT2D eigenvalue weighted by Gasteiger charge is 2.31. The van der Waals surface area contributed by atoms with Crippen molar-refractivity contribution in [2.45, 2.75) is 13.0 Å². The third-order valence-electron chi connectivity index (χ3n) is 1.10. The van der Waals surface area contributed by atoms with Gasteiger partial charge in [0.2, 0.25) is 0 Å². The molecule has 1 saturated heterocycles. The Kier molecular flexibility index (Phi) is 3.75. The molecule has 0 spiro atoms. The van der Waals surface area contributed by atoms with Crippen LogP contribution in [-0.4, -0.2) is 25.2 Å². The van der Waals surface area contributed by atoms with Crippen LogP contribution in [0, 0.1) is 0 Å². The van der Waals surface area contributed by atoms with Crippen LogP contribution >= 0.6 is 18.3 Å². The van der Waals surface area contributed by atoms with Gasteiger partial charge in [-0.15, -0.1) is 11.6 Å². The largest absolute Gasteiger partial charge is 0.327 e. The van der Waals surface area contributed by atoms with Crippen molar-refractivity contribution >= 4 is 30.1 Å². The molecule has 0 amide bonds. The van der Waals surface area contributed by atoms with Gasteiger partial charge in [-0.25, -0.2) is 0 Å². The normalized spacial score (nSPS) is 37.8. The zero-order valence-electron chi connectivity index (χ0n) is 6.16. The summed E-state index contributed by atoms with van der Waals surface area (Å²) in [5.41, 5.74) is 0. The summed E-state index contributed by atoms with van der Waals surface area (Å²) in [4.78, 5) is 0. The van der Waals surface area contributed by atoms with Gasteiger partial charge in [0.15, 0.2) is 0 Å². The summed E-state index contributed by atoms with van der Waals surface area (Å²) >= 11 is 10.4. The molecule has 1 heterocycles. The fourth-order valence-corrected chi connectivity index (χ4v) is 3.13. The van der Waals surface area contributed by atoms with E-state index in [1.807, 2.05) is 6.92 Å². The van der Waals surface area contributed by atoms with Crippen LogP contribution < -0.4 is 0 Å². The highest BCUT2D eigenvalue weighted by atomic mass is 35.5. The van der Waals surface area contributed by atoms with Crippen LogP contribution in [0.3, 0.4) is 0 Å². The minimum atomic E-state index is -2.39. The maximum Gasteiger partial charge on any atom is 0.327 e. The van der Waals surface area contributed by atoms with Gasteiger partial charge in [0, 0.05) is 5.88 Å². The molecule has 11 heavy (non-hydrogen) atoms. The van der Waals surface area contributed by atoms with E-state index in [4.69, 9.17) is 37.0 Å². The Morgan fingerprint density at radius 1 is 1.82 bits per heavy atom. The summed E-state index contributed by atoms with van der Waals surface area (Å²) in [6.07, 6.45) is 0.0520. The Morgan fingerprint density at radius 3 is 3.00 bits per heavy atom. The first-order chi connectivity index (χ1) is 5.16. The van der Waals surface area contributed by atoms with Crippen molar-refractivity contribution in [3.05, 3.63) is 0 Å². The van der Waals surface area contributed by atoms with E-state index in [0.29, 0.717) is 19.1 Å². The minimum absolute atomic E-state index is 0.0520. The maximum atomic E-state index is 5.41. The van der Waals surface area contributed by atoms with Crippen LogP contribution in [-0.2, 0) is 25.4 Å². The molecule has 1 fully saturated rings. The molecule has 1 rings (SSSR count). The number of hydrogen-bond acceptors (Lipinski definition) is 4. The molecule has 3 nitrogen and oxygen atoms in total. The summed E-state index contributed by atoms with van der Waals surface area (Å²) in [7, 11) is 0. The zero-order valence-corrected chi connectivity index (χ0v) is 8.62. The molecule has 2 atom stereocenters. The molecule has 1 aliphatic rings. The quantitative estimate of drug-likeness (QED) is 0.532. The van der Waals surface area contributed by atoms with Crippen LogP contribution in [0.4, 0.5) is 0 Å². The SMILES string of the molecule is CC1COP(=S)(OCCCl)O1. The molecule has 6 heteroatoms. The Balaban J connectivity index is 2.36. The van der Waals surface area contributed by atoms with E-state index in [9.17, 15) is 0 Å². The number of halogens is 1. The predicted octanol–water partition coefficient (Wildman–Crippen LogP) is 1.90. The smallest absolute Gasteiger partial charge is 0.307 e. The maximum absolute atomic E-state index is 5.41. The van der Waals surface area contributed by atoms with E-state index in [1.165, 1.54) is 0 Å². The Morgan fingerprint density at radius 2 is 2.55 bits per heavy atom. The molecule has 0 N–H and O–H groups in total. The van der Waals surface area contributed by atoms with Gasteiger partial charge in [0.25, 0.3) is 0 Å². The molecule has 66 valence electrons. The third kappa shape index (κ3) is 2.98. The summed E-state index contributed by atoms with van der Waals surface area (Å²) in [5.74, 6) is 0.416. The lowest BCUT2D eigenvalue weighted by molar-refractivity contribution is 0.232. The second-order valence-electron chi connectivity index (χ2n) is 2.18. The molecule has 0 aromatic carbocycles. The molecule has 1 aliphatic heterocycles. The van der Waals surface area contributed by atoms with Crippen molar-refractivity contribution in [2.24, 2.45) is 0 Å². The van der Waals surface area contributed by atoms with Crippen molar-refractivity contribution in [3.63, 3.8) is 0 Å². The molecule has 0 aromatic rings. The van der Waals surface area contributed by atoms with Gasteiger partial charge >= 0.3 is 6.72 Å².